The second-order valence-corrected chi connectivity index (χ2v) is 8.72. The topological polar surface area (TPSA) is 105 Å². The smallest absolute Gasteiger partial charge is 0.255 e. The Morgan fingerprint density at radius 1 is 1.17 bits per heavy atom. The Morgan fingerprint density at radius 3 is 2.69 bits per heavy atom. The van der Waals surface area contributed by atoms with Gasteiger partial charge in [-0.1, -0.05) is 37.5 Å². The summed E-state index contributed by atoms with van der Waals surface area (Å²) < 4.78 is 0. The predicted molar refractivity (Wildman–Crippen MR) is 109 cm³/mol. The van der Waals surface area contributed by atoms with Crippen LogP contribution in [0.1, 0.15) is 66.4 Å². The summed E-state index contributed by atoms with van der Waals surface area (Å²) in [4.78, 5) is 38.4. The fourth-order valence-corrected chi connectivity index (χ4v) is 5.05. The van der Waals surface area contributed by atoms with Gasteiger partial charge in [0.15, 0.2) is 0 Å². The molecule has 0 spiro atoms. The molecule has 2 heterocycles. The molecule has 2 fully saturated rings. The monoisotopic (exact) mass is 398 g/mol. The maximum absolute atomic E-state index is 13.1. The van der Waals surface area contributed by atoms with E-state index in [1.54, 1.807) is 4.90 Å². The van der Waals surface area contributed by atoms with Crippen LogP contribution in [-0.2, 0) is 22.7 Å². The van der Waals surface area contributed by atoms with Gasteiger partial charge in [-0.3, -0.25) is 19.7 Å². The number of imide groups is 1. The Hall–Kier alpha value is -2.25. The van der Waals surface area contributed by atoms with E-state index in [4.69, 9.17) is 5.73 Å². The van der Waals surface area contributed by atoms with Gasteiger partial charge in [-0.25, -0.2) is 0 Å². The van der Waals surface area contributed by atoms with E-state index in [0.717, 1.165) is 30.5 Å². The molecule has 156 valence electrons. The standard InChI is InChI=1S/C22H30N4O3/c23-13-22(9-2-1-3-10-22)14-24-11-15-5-4-6-16-12-26(21(29)19(15)16)17-7-8-18(27)25-20(17)28/h4-6,17,24H,1-3,7-14,23H2,(H,25,27,28). The van der Waals surface area contributed by atoms with Crippen molar-refractivity contribution in [2.24, 2.45) is 11.1 Å². The third-order valence-corrected chi connectivity index (χ3v) is 6.80. The highest BCUT2D eigenvalue weighted by Gasteiger charge is 2.40. The number of hydrogen-bond donors (Lipinski definition) is 3. The molecule has 1 atom stereocenters. The fraction of sp³-hybridized carbons (Fsp3) is 0.591. The number of nitrogens with two attached hydrogens (primary N) is 1. The van der Waals surface area contributed by atoms with Crippen molar-refractivity contribution in [1.82, 2.24) is 15.5 Å². The van der Waals surface area contributed by atoms with Crippen LogP contribution >= 0.6 is 0 Å². The molecule has 2 aliphatic heterocycles. The van der Waals surface area contributed by atoms with E-state index in [2.05, 4.69) is 10.6 Å². The molecule has 7 nitrogen and oxygen atoms in total. The van der Waals surface area contributed by atoms with Gasteiger partial charge < -0.3 is 16.0 Å². The van der Waals surface area contributed by atoms with Crippen molar-refractivity contribution in [1.29, 1.82) is 0 Å². The van der Waals surface area contributed by atoms with Crippen LogP contribution in [0.25, 0.3) is 0 Å². The number of fused-ring (bicyclic) bond motifs is 1. The molecule has 0 radical (unpaired) electrons. The number of carbonyl (C=O) groups excluding carboxylic acids is 3. The Balaban J connectivity index is 1.45. The summed E-state index contributed by atoms with van der Waals surface area (Å²) >= 11 is 0. The minimum atomic E-state index is -0.573. The van der Waals surface area contributed by atoms with Crippen molar-refractivity contribution in [2.75, 3.05) is 13.1 Å². The first-order valence-corrected chi connectivity index (χ1v) is 10.7. The molecular weight excluding hydrogens is 368 g/mol. The number of carbonyl (C=O) groups is 3. The van der Waals surface area contributed by atoms with Gasteiger partial charge in [0.2, 0.25) is 11.8 Å². The molecule has 3 aliphatic rings. The zero-order valence-corrected chi connectivity index (χ0v) is 16.8. The van der Waals surface area contributed by atoms with E-state index in [1.165, 1.54) is 19.3 Å². The van der Waals surface area contributed by atoms with E-state index in [0.29, 0.717) is 31.6 Å². The second-order valence-electron chi connectivity index (χ2n) is 8.72. The molecule has 1 unspecified atom stereocenters. The lowest BCUT2D eigenvalue weighted by molar-refractivity contribution is -0.136. The lowest BCUT2D eigenvalue weighted by Crippen LogP contribution is -2.52. The summed E-state index contributed by atoms with van der Waals surface area (Å²) in [5.74, 6) is -0.751. The Morgan fingerprint density at radius 2 is 1.97 bits per heavy atom. The van der Waals surface area contributed by atoms with Crippen molar-refractivity contribution >= 4 is 17.7 Å². The summed E-state index contributed by atoms with van der Waals surface area (Å²) in [6, 6.07) is 5.33. The molecule has 1 saturated heterocycles. The Labute approximate surface area is 171 Å². The quantitative estimate of drug-likeness (QED) is 0.629. The van der Waals surface area contributed by atoms with Crippen LogP contribution in [0.15, 0.2) is 18.2 Å². The van der Waals surface area contributed by atoms with Gasteiger partial charge in [0, 0.05) is 31.6 Å². The Bertz CT molecular complexity index is 816. The van der Waals surface area contributed by atoms with E-state index < -0.39 is 6.04 Å². The number of piperidine rings is 1. The van der Waals surface area contributed by atoms with E-state index >= 15 is 0 Å². The first-order valence-electron chi connectivity index (χ1n) is 10.7. The average Bonchev–Trinajstić information content (AvgIpc) is 3.06. The molecule has 0 bridgehead atoms. The molecular formula is C22H30N4O3. The highest BCUT2D eigenvalue weighted by atomic mass is 16.2. The number of rotatable bonds is 6. The van der Waals surface area contributed by atoms with Gasteiger partial charge in [0.1, 0.15) is 6.04 Å². The fourth-order valence-electron chi connectivity index (χ4n) is 5.05. The molecule has 1 saturated carbocycles. The number of nitrogens with one attached hydrogen (secondary N) is 2. The van der Waals surface area contributed by atoms with Crippen LogP contribution in [0.5, 0.6) is 0 Å². The van der Waals surface area contributed by atoms with Crippen molar-refractivity contribution in [3.8, 4) is 0 Å². The third kappa shape index (κ3) is 3.94. The highest BCUT2D eigenvalue weighted by Crippen LogP contribution is 2.35. The largest absolute Gasteiger partial charge is 0.330 e. The van der Waals surface area contributed by atoms with Crippen molar-refractivity contribution in [3.63, 3.8) is 0 Å². The van der Waals surface area contributed by atoms with E-state index in [1.807, 2.05) is 18.2 Å². The van der Waals surface area contributed by atoms with Gasteiger partial charge in [0.25, 0.3) is 5.91 Å². The van der Waals surface area contributed by atoms with Crippen molar-refractivity contribution < 1.29 is 14.4 Å². The number of benzene rings is 1. The third-order valence-electron chi connectivity index (χ3n) is 6.80. The SMILES string of the molecule is NCC1(CNCc2cccc3c2C(=O)N(C2CCC(=O)NC2=O)C3)CCCCC1. The van der Waals surface area contributed by atoms with Gasteiger partial charge in [-0.05, 0) is 42.3 Å². The minimum Gasteiger partial charge on any atom is -0.330 e. The predicted octanol–water partition coefficient (Wildman–Crippen LogP) is 1.45. The Kier molecular flexibility index (Phi) is 5.69. The number of nitrogens with zero attached hydrogens (tertiary/aromatic N) is 1. The summed E-state index contributed by atoms with van der Waals surface area (Å²) in [5, 5.41) is 5.90. The lowest BCUT2D eigenvalue weighted by atomic mass is 9.74. The van der Waals surface area contributed by atoms with Crippen LogP contribution in [-0.4, -0.2) is 41.8 Å². The average molecular weight is 399 g/mol. The van der Waals surface area contributed by atoms with E-state index in [9.17, 15) is 14.4 Å². The molecule has 1 aromatic carbocycles. The summed E-state index contributed by atoms with van der Waals surface area (Å²) in [7, 11) is 0. The normalized spacial score (nSPS) is 23.8. The summed E-state index contributed by atoms with van der Waals surface area (Å²) in [6.07, 6.45) is 6.73. The van der Waals surface area contributed by atoms with Gasteiger partial charge in [0.05, 0.1) is 0 Å². The first kappa shape index (κ1) is 20.0. The van der Waals surface area contributed by atoms with Crippen LogP contribution < -0.4 is 16.4 Å². The zero-order valence-electron chi connectivity index (χ0n) is 16.8. The minimum absolute atomic E-state index is 0.113. The van der Waals surface area contributed by atoms with Gasteiger partial charge in [-0.2, -0.15) is 0 Å². The van der Waals surface area contributed by atoms with Crippen LogP contribution in [0.4, 0.5) is 0 Å². The molecule has 3 amide bonds. The van der Waals surface area contributed by atoms with E-state index in [-0.39, 0.29) is 29.6 Å². The zero-order chi connectivity index (χ0) is 20.4. The molecule has 1 aromatic rings. The van der Waals surface area contributed by atoms with Crippen LogP contribution in [0, 0.1) is 5.41 Å². The van der Waals surface area contributed by atoms with Crippen LogP contribution in [0.3, 0.4) is 0 Å². The summed E-state index contributed by atoms with van der Waals surface area (Å²) in [6.45, 7) is 2.58. The molecule has 1 aliphatic carbocycles. The number of amides is 3. The van der Waals surface area contributed by atoms with Crippen molar-refractivity contribution in [3.05, 3.63) is 34.9 Å². The molecule has 29 heavy (non-hydrogen) atoms. The lowest BCUT2D eigenvalue weighted by Gasteiger charge is -2.36. The van der Waals surface area contributed by atoms with Crippen molar-refractivity contribution in [2.45, 2.75) is 64.1 Å². The van der Waals surface area contributed by atoms with Gasteiger partial charge >= 0.3 is 0 Å². The number of hydrogen-bond acceptors (Lipinski definition) is 5. The molecule has 4 rings (SSSR count). The highest BCUT2D eigenvalue weighted by molar-refractivity contribution is 6.05. The maximum Gasteiger partial charge on any atom is 0.255 e. The maximum atomic E-state index is 13.1. The van der Waals surface area contributed by atoms with Crippen LogP contribution in [0.2, 0.25) is 0 Å². The molecule has 7 heteroatoms. The van der Waals surface area contributed by atoms with Gasteiger partial charge in [-0.15, -0.1) is 0 Å². The summed E-state index contributed by atoms with van der Waals surface area (Å²) in [5.41, 5.74) is 8.87. The second kappa shape index (κ2) is 8.24. The molecule has 4 N–H and O–H groups in total. The molecule has 0 aromatic heterocycles. The first-order chi connectivity index (χ1) is 14.0.